The number of nitrogens with zero attached hydrogens (tertiary/aromatic N) is 2. The Balaban J connectivity index is 1.91. The molecule has 5 nitrogen and oxygen atoms in total. The summed E-state index contributed by atoms with van der Waals surface area (Å²) < 4.78 is 7.25. The predicted molar refractivity (Wildman–Crippen MR) is 78.0 cm³/mol. The second kappa shape index (κ2) is 5.05. The van der Waals surface area contributed by atoms with Crippen LogP contribution < -0.4 is 10.5 Å². The SMILES string of the molecule is N=C(N)COc1ccc(-c2cccc3ccnn23)cc1. The van der Waals surface area contributed by atoms with Gasteiger partial charge in [-0.05, 0) is 42.5 Å². The molecule has 0 fully saturated rings. The van der Waals surface area contributed by atoms with E-state index in [4.69, 9.17) is 15.9 Å². The standard InChI is InChI=1S/C15H14N4O/c16-15(17)10-20-13-6-4-11(5-7-13)14-3-1-2-12-8-9-18-19(12)14/h1-9H,10H2,(H3,16,17). The van der Waals surface area contributed by atoms with Crippen molar-refractivity contribution in [1.82, 2.24) is 9.61 Å². The van der Waals surface area contributed by atoms with Crippen molar-refractivity contribution in [3.05, 3.63) is 54.7 Å². The van der Waals surface area contributed by atoms with E-state index >= 15 is 0 Å². The molecule has 0 radical (unpaired) electrons. The van der Waals surface area contributed by atoms with Crippen LogP contribution in [0.4, 0.5) is 0 Å². The second-order valence-corrected chi connectivity index (χ2v) is 4.42. The number of hydrogen-bond donors (Lipinski definition) is 2. The maximum atomic E-state index is 7.13. The quantitative estimate of drug-likeness (QED) is 0.562. The Bertz CT molecular complexity index is 746. The van der Waals surface area contributed by atoms with Gasteiger partial charge in [-0.15, -0.1) is 0 Å². The highest BCUT2D eigenvalue weighted by Gasteiger charge is 2.04. The molecule has 2 aromatic heterocycles. The van der Waals surface area contributed by atoms with Gasteiger partial charge in [-0.2, -0.15) is 5.10 Å². The number of pyridine rings is 1. The summed E-state index contributed by atoms with van der Waals surface area (Å²) in [6.07, 6.45) is 1.78. The molecule has 0 atom stereocenters. The van der Waals surface area contributed by atoms with E-state index in [1.54, 1.807) is 6.20 Å². The van der Waals surface area contributed by atoms with Crippen LogP contribution in [-0.4, -0.2) is 22.1 Å². The maximum absolute atomic E-state index is 7.13. The van der Waals surface area contributed by atoms with Crippen molar-refractivity contribution in [3.8, 4) is 17.0 Å². The van der Waals surface area contributed by atoms with Gasteiger partial charge in [0.1, 0.15) is 18.2 Å². The van der Waals surface area contributed by atoms with Crippen LogP contribution in [0.25, 0.3) is 16.8 Å². The molecule has 0 amide bonds. The first-order valence-corrected chi connectivity index (χ1v) is 6.23. The summed E-state index contributed by atoms with van der Waals surface area (Å²) >= 11 is 0. The largest absolute Gasteiger partial charge is 0.486 e. The lowest BCUT2D eigenvalue weighted by Crippen LogP contribution is -2.19. The van der Waals surface area contributed by atoms with Crippen molar-refractivity contribution in [3.63, 3.8) is 0 Å². The molecule has 3 rings (SSSR count). The molecular weight excluding hydrogens is 252 g/mol. The van der Waals surface area contributed by atoms with Crippen molar-refractivity contribution in [2.24, 2.45) is 5.73 Å². The summed E-state index contributed by atoms with van der Waals surface area (Å²) in [5.74, 6) is 0.701. The minimum atomic E-state index is 0.00962. The molecule has 20 heavy (non-hydrogen) atoms. The van der Waals surface area contributed by atoms with E-state index in [9.17, 15) is 0 Å². The van der Waals surface area contributed by atoms with Crippen molar-refractivity contribution in [2.45, 2.75) is 0 Å². The van der Waals surface area contributed by atoms with Gasteiger partial charge in [-0.3, -0.25) is 5.41 Å². The maximum Gasteiger partial charge on any atom is 0.145 e. The van der Waals surface area contributed by atoms with E-state index in [1.807, 2.05) is 53.0 Å². The first kappa shape index (κ1) is 12.2. The van der Waals surface area contributed by atoms with E-state index < -0.39 is 0 Å². The van der Waals surface area contributed by atoms with Crippen molar-refractivity contribution in [2.75, 3.05) is 6.61 Å². The number of ether oxygens (including phenoxy) is 1. The van der Waals surface area contributed by atoms with Gasteiger partial charge in [0.25, 0.3) is 0 Å². The lowest BCUT2D eigenvalue weighted by atomic mass is 10.1. The molecule has 0 spiro atoms. The third kappa shape index (κ3) is 2.33. The first-order valence-electron chi connectivity index (χ1n) is 6.23. The monoisotopic (exact) mass is 266 g/mol. The Morgan fingerprint density at radius 1 is 1.15 bits per heavy atom. The number of amidine groups is 1. The van der Waals surface area contributed by atoms with Gasteiger partial charge in [-0.1, -0.05) is 6.07 Å². The number of aromatic nitrogens is 2. The fraction of sp³-hybridized carbons (Fsp3) is 0.0667. The molecule has 0 bridgehead atoms. The summed E-state index contributed by atoms with van der Waals surface area (Å²) in [6.45, 7) is 0.105. The van der Waals surface area contributed by atoms with Gasteiger partial charge in [0.2, 0.25) is 0 Å². The number of rotatable bonds is 4. The molecule has 0 aliphatic rings. The highest BCUT2D eigenvalue weighted by atomic mass is 16.5. The van der Waals surface area contributed by atoms with Crippen molar-refractivity contribution >= 4 is 11.4 Å². The van der Waals surface area contributed by atoms with Crippen LogP contribution in [0.15, 0.2) is 54.7 Å². The normalized spacial score (nSPS) is 10.6. The molecule has 2 heterocycles. The molecule has 0 aliphatic carbocycles. The summed E-state index contributed by atoms with van der Waals surface area (Å²) in [7, 11) is 0. The fourth-order valence-corrected chi connectivity index (χ4v) is 2.05. The highest BCUT2D eigenvalue weighted by Crippen LogP contribution is 2.23. The van der Waals surface area contributed by atoms with Crippen LogP contribution in [0.5, 0.6) is 5.75 Å². The number of hydrogen-bond acceptors (Lipinski definition) is 3. The molecule has 3 aromatic rings. The second-order valence-electron chi connectivity index (χ2n) is 4.42. The van der Waals surface area contributed by atoms with Crippen LogP contribution >= 0.6 is 0 Å². The Hall–Kier alpha value is -2.82. The first-order chi connectivity index (χ1) is 9.74. The molecule has 1 aromatic carbocycles. The van der Waals surface area contributed by atoms with Crippen LogP contribution in [0.1, 0.15) is 0 Å². The minimum Gasteiger partial charge on any atom is -0.486 e. The Morgan fingerprint density at radius 3 is 2.70 bits per heavy atom. The van der Waals surface area contributed by atoms with E-state index in [0.29, 0.717) is 5.75 Å². The summed E-state index contributed by atoms with van der Waals surface area (Å²) in [4.78, 5) is 0. The van der Waals surface area contributed by atoms with Crippen LogP contribution in [-0.2, 0) is 0 Å². The van der Waals surface area contributed by atoms with Gasteiger partial charge in [0, 0.05) is 5.56 Å². The van der Waals surface area contributed by atoms with Crippen LogP contribution in [0.2, 0.25) is 0 Å². The summed E-state index contributed by atoms with van der Waals surface area (Å²) in [5.41, 5.74) is 8.38. The van der Waals surface area contributed by atoms with Gasteiger partial charge >= 0.3 is 0 Å². The Labute approximate surface area is 116 Å². The molecule has 0 saturated carbocycles. The predicted octanol–water partition coefficient (Wildman–Crippen LogP) is 2.32. The molecule has 3 N–H and O–H groups in total. The highest BCUT2D eigenvalue weighted by molar-refractivity contribution is 5.78. The molecule has 100 valence electrons. The van der Waals surface area contributed by atoms with Gasteiger partial charge < -0.3 is 10.5 Å². The topological polar surface area (TPSA) is 76.4 Å². The minimum absolute atomic E-state index is 0.00962. The van der Waals surface area contributed by atoms with Crippen molar-refractivity contribution < 1.29 is 4.74 Å². The van der Waals surface area contributed by atoms with Crippen molar-refractivity contribution in [1.29, 1.82) is 5.41 Å². The third-order valence-corrected chi connectivity index (χ3v) is 2.97. The third-order valence-electron chi connectivity index (χ3n) is 2.97. The Kier molecular flexibility index (Phi) is 3.09. The summed E-state index contributed by atoms with van der Waals surface area (Å²) in [5, 5.41) is 11.5. The van der Waals surface area contributed by atoms with E-state index in [2.05, 4.69) is 5.10 Å². The zero-order chi connectivity index (χ0) is 13.9. The average Bonchev–Trinajstić information content (AvgIpc) is 2.94. The lowest BCUT2D eigenvalue weighted by Gasteiger charge is -2.08. The average molecular weight is 266 g/mol. The number of fused-ring (bicyclic) bond motifs is 1. The van der Waals surface area contributed by atoms with E-state index in [1.165, 1.54) is 0 Å². The molecular formula is C15H14N4O. The number of nitrogens with two attached hydrogens (primary N) is 1. The lowest BCUT2D eigenvalue weighted by molar-refractivity contribution is 0.374. The van der Waals surface area contributed by atoms with E-state index in [0.717, 1.165) is 16.8 Å². The molecule has 5 heteroatoms. The molecule has 0 saturated heterocycles. The van der Waals surface area contributed by atoms with Gasteiger partial charge in [0.05, 0.1) is 17.4 Å². The zero-order valence-electron chi connectivity index (χ0n) is 10.8. The summed E-state index contributed by atoms with van der Waals surface area (Å²) in [6, 6.07) is 15.7. The molecule has 0 aliphatic heterocycles. The Morgan fingerprint density at radius 2 is 1.95 bits per heavy atom. The van der Waals surface area contributed by atoms with Crippen LogP contribution in [0.3, 0.4) is 0 Å². The van der Waals surface area contributed by atoms with Crippen LogP contribution in [0, 0.1) is 5.41 Å². The van der Waals surface area contributed by atoms with Gasteiger partial charge in [-0.25, -0.2) is 4.52 Å². The smallest absolute Gasteiger partial charge is 0.145 e. The number of benzene rings is 1. The number of nitrogens with one attached hydrogen (secondary N) is 1. The van der Waals surface area contributed by atoms with E-state index in [-0.39, 0.29) is 12.4 Å². The zero-order valence-corrected chi connectivity index (χ0v) is 10.8. The molecule has 0 unspecified atom stereocenters. The fourth-order valence-electron chi connectivity index (χ4n) is 2.05. The van der Waals surface area contributed by atoms with Gasteiger partial charge in [0.15, 0.2) is 0 Å².